The summed E-state index contributed by atoms with van der Waals surface area (Å²) in [6.45, 7) is 5.81. The summed E-state index contributed by atoms with van der Waals surface area (Å²) in [7, 11) is 0. The molecule has 2 N–H and O–H groups in total. The first-order chi connectivity index (χ1) is 14.8. The van der Waals surface area contributed by atoms with Crippen LogP contribution in [0.25, 0.3) is 39.9 Å². The van der Waals surface area contributed by atoms with Gasteiger partial charge in [0, 0.05) is 17.6 Å². The van der Waals surface area contributed by atoms with E-state index < -0.39 is 11.7 Å². The molecule has 0 saturated heterocycles. The number of benzene rings is 3. The minimum atomic E-state index is -4.44. The summed E-state index contributed by atoms with van der Waals surface area (Å²) in [5.74, 6) is 0. The fourth-order valence-electron chi connectivity index (χ4n) is 3.75. The Morgan fingerprint density at radius 2 is 1.71 bits per heavy atom. The van der Waals surface area contributed by atoms with Gasteiger partial charge in [0.05, 0.1) is 11.3 Å². The Bertz CT molecular complexity index is 1290. The maximum atomic E-state index is 13.5. The number of fused-ring (bicyclic) bond motifs is 1. The van der Waals surface area contributed by atoms with Gasteiger partial charge < -0.3 is 10.3 Å². The van der Waals surface area contributed by atoms with Crippen LogP contribution in [0.3, 0.4) is 0 Å². The molecule has 4 rings (SSSR count). The Kier molecular flexibility index (Phi) is 5.19. The lowest BCUT2D eigenvalue weighted by molar-refractivity contribution is -0.137. The lowest BCUT2D eigenvalue weighted by Crippen LogP contribution is -2.03. The second-order valence-corrected chi connectivity index (χ2v) is 7.28. The van der Waals surface area contributed by atoms with Crippen LogP contribution in [0, 0.1) is 0 Å². The Labute approximate surface area is 178 Å². The third-order valence-electron chi connectivity index (χ3n) is 5.26. The highest BCUT2D eigenvalue weighted by Gasteiger charge is 2.33. The number of hydrogen-bond acceptors (Lipinski definition) is 1. The van der Waals surface area contributed by atoms with Crippen LogP contribution in [0.5, 0.6) is 0 Å². The molecule has 0 aliphatic carbocycles. The van der Waals surface area contributed by atoms with Crippen LogP contribution in [-0.4, -0.2) is 4.57 Å². The zero-order valence-corrected chi connectivity index (χ0v) is 16.9. The summed E-state index contributed by atoms with van der Waals surface area (Å²) in [6.07, 6.45) is 2.44. The largest absolute Gasteiger partial charge is 0.417 e. The maximum Gasteiger partial charge on any atom is 0.417 e. The van der Waals surface area contributed by atoms with Gasteiger partial charge in [-0.25, -0.2) is 0 Å². The van der Waals surface area contributed by atoms with Crippen molar-refractivity contribution in [3.8, 4) is 16.9 Å². The highest BCUT2D eigenvalue weighted by atomic mass is 19.4. The molecule has 0 atom stereocenters. The molecule has 2 nitrogen and oxygen atoms in total. The quantitative estimate of drug-likeness (QED) is 0.340. The van der Waals surface area contributed by atoms with E-state index in [0.29, 0.717) is 22.6 Å². The molecule has 156 valence electrons. The molecule has 5 heteroatoms. The maximum absolute atomic E-state index is 13.5. The summed E-state index contributed by atoms with van der Waals surface area (Å²) in [6, 6.07) is 17.6. The number of alkyl halides is 3. The summed E-state index contributed by atoms with van der Waals surface area (Å²) >= 11 is 0. The topological polar surface area (TPSA) is 30.9 Å². The molecule has 0 amide bonds. The van der Waals surface area contributed by atoms with Gasteiger partial charge in [0.25, 0.3) is 0 Å². The predicted molar refractivity (Wildman–Crippen MR) is 123 cm³/mol. The molecule has 1 heterocycles. The summed E-state index contributed by atoms with van der Waals surface area (Å²) in [4.78, 5) is 0. The molecule has 0 unspecified atom stereocenters. The summed E-state index contributed by atoms with van der Waals surface area (Å²) in [5.41, 5.74) is 9.40. The van der Waals surface area contributed by atoms with Crippen molar-refractivity contribution in [1.82, 2.24) is 4.57 Å². The fraction of sp³-hybridized carbons (Fsp3) is 0.0769. The zero-order chi connectivity index (χ0) is 22.2. The zero-order valence-electron chi connectivity index (χ0n) is 16.9. The smallest absolute Gasteiger partial charge is 0.399 e. The van der Waals surface area contributed by atoms with E-state index in [1.165, 1.54) is 6.07 Å². The van der Waals surface area contributed by atoms with E-state index in [1.54, 1.807) is 34.9 Å². The molecule has 1 aromatic heterocycles. The number of hydrogen-bond donors (Lipinski definition) is 1. The molecule has 3 aromatic carbocycles. The standard InChI is InChI=1S/C26H21F3N2/c1-3-5-23-17(4-2)6-7-18-14-19(8-13-24(18)23)25-15-20(26(27,28)29)16-31(25)22-11-9-21(30)10-12-22/h3-16H,2,30H2,1H3/b5-3-. The van der Waals surface area contributed by atoms with Crippen LogP contribution in [0.15, 0.2) is 79.5 Å². The van der Waals surface area contributed by atoms with Crippen molar-refractivity contribution in [3.05, 3.63) is 96.2 Å². The van der Waals surface area contributed by atoms with Crippen molar-refractivity contribution >= 4 is 28.6 Å². The van der Waals surface area contributed by atoms with E-state index in [0.717, 1.165) is 28.1 Å². The molecule has 4 aromatic rings. The lowest BCUT2D eigenvalue weighted by atomic mass is 9.96. The first-order valence-corrected chi connectivity index (χ1v) is 9.79. The molecule has 0 spiro atoms. The molecular weight excluding hydrogens is 397 g/mol. The monoisotopic (exact) mass is 418 g/mol. The molecule has 0 fully saturated rings. The fourth-order valence-corrected chi connectivity index (χ4v) is 3.75. The molecule has 0 bridgehead atoms. The van der Waals surface area contributed by atoms with Gasteiger partial charge >= 0.3 is 6.18 Å². The van der Waals surface area contributed by atoms with Gasteiger partial charge in [-0.15, -0.1) is 0 Å². The SMILES string of the molecule is C=Cc1ccc2cc(-c3cc(C(F)(F)F)cn3-c3ccc(N)cc3)ccc2c1/C=C\C. The van der Waals surface area contributed by atoms with Crippen molar-refractivity contribution in [2.24, 2.45) is 0 Å². The Hall–Kier alpha value is -3.73. The van der Waals surface area contributed by atoms with Gasteiger partial charge in [-0.1, -0.05) is 49.1 Å². The molecule has 0 aliphatic heterocycles. The van der Waals surface area contributed by atoms with Crippen LogP contribution >= 0.6 is 0 Å². The van der Waals surface area contributed by atoms with E-state index in [4.69, 9.17) is 5.73 Å². The van der Waals surface area contributed by atoms with Crippen molar-refractivity contribution in [2.45, 2.75) is 13.1 Å². The average molecular weight is 418 g/mol. The number of halogens is 3. The van der Waals surface area contributed by atoms with Gasteiger partial charge in [-0.05, 0) is 70.8 Å². The number of allylic oxidation sites excluding steroid dienone is 1. The number of nitrogens with two attached hydrogens (primary N) is 1. The average Bonchev–Trinajstić information content (AvgIpc) is 3.20. The number of nitrogen functional groups attached to an aromatic ring is 1. The summed E-state index contributed by atoms with van der Waals surface area (Å²) in [5, 5.41) is 1.95. The molecule has 31 heavy (non-hydrogen) atoms. The van der Waals surface area contributed by atoms with Crippen LogP contribution in [0.4, 0.5) is 18.9 Å². The minimum absolute atomic E-state index is 0.458. The normalized spacial score (nSPS) is 12.0. The third-order valence-corrected chi connectivity index (χ3v) is 5.26. The minimum Gasteiger partial charge on any atom is -0.399 e. The number of aromatic nitrogens is 1. The van der Waals surface area contributed by atoms with Crippen LogP contribution in [-0.2, 0) is 6.18 Å². The second kappa shape index (κ2) is 7.84. The van der Waals surface area contributed by atoms with Crippen molar-refractivity contribution in [2.75, 3.05) is 5.73 Å². The van der Waals surface area contributed by atoms with E-state index in [2.05, 4.69) is 6.58 Å². The van der Waals surface area contributed by atoms with Crippen molar-refractivity contribution < 1.29 is 13.2 Å². The summed E-state index contributed by atoms with van der Waals surface area (Å²) < 4.78 is 42.1. The lowest BCUT2D eigenvalue weighted by Gasteiger charge is -2.12. The first-order valence-electron chi connectivity index (χ1n) is 9.79. The van der Waals surface area contributed by atoms with Crippen molar-refractivity contribution in [1.29, 1.82) is 0 Å². The number of anilines is 1. The second-order valence-electron chi connectivity index (χ2n) is 7.28. The first kappa shape index (κ1) is 20.5. The highest BCUT2D eigenvalue weighted by Crippen LogP contribution is 2.37. The van der Waals surface area contributed by atoms with E-state index in [1.807, 2.05) is 49.4 Å². The van der Waals surface area contributed by atoms with E-state index in [9.17, 15) is 13.2 Å². The molecule has 0 radical (unpaired) electrons. The van der Waals surface area contributed by atoms with Gasteiger partial charge in [-0.2, -0.15) is 13.2 Å². The van der Waals surface area contributed by atoms with Crippen LogP contribution in [0.2, 0.25) is 0 Å². The van der Waals surface area contributed by atoms with Gasteiger partial charge in [-0.3, -0.25) is 0 Å². The molecular formula is C26H21F3N2. The van der Waals surface area contributed by atoms with Crippen LogP contribution in [0.1, 0.15) is 23.6 Å². The van der Waals surface area contributed by atoms with Gasteiger partial charge in [0.2, 0.25) is 0 Å². The highest BCUT2D eigenvalue weighted by molar-refractivity contribution is 5.96. The Balaban J connectivity index is 1.93. The van der Waals surface area contributed by atoms with Gasteiger partial charge in [0.15, 0.2) is 0 Å². The van der Waals surface area contributed by atoms with Crippen molar-refractivity contribution in [3.63, 3.8) is 0 Å². The van der Waals surface area contributed by atoms with Gasteiger partial charge in [0.1, 0.15) is 0 Å². The van der Waals surface area contributed by atoms with Crippen LogP contribution < -0.4 is 5.73 Å². The van der Waals surface area contributed by atoms with E-state index >= 15 is 0 Å². The number of nitrogens with zero attached hydrogens (tertiary/aromatic N) is 1. The number of rotatable bonds is 4. The Morgan fingerprint density at radius 3 is 2.35 bits per heavy atom. The Morgan fingerprint density at radius 1 is 0.968 bits per heavy atom. The predicted octanol–water partition coefficient (Wildman–Crippen LogP) is 7.57. The third kappa shape index (κ3) is 3.87. The molecule has 0 saturated carbocycles. The van der Waals surface area contributed by atoms with E-state index in [-0.39, 0.29) is 0 Å². The molecule has 0 aliphatic rings.